The molecule has 0 saturated heterocycles. The fourth-order valence-electron chi connectivity index (χ4n) is 10.7. The molecule has 0 radical (unpaired) electrons. The predicted octanol–water partition coefficient (Wildman–Crippen LogP) is 18.1. The van der Waals surface area contributed by atoms with Gasteiger partial charge in [-0.3, -0.25) is 0 Å². The molecule has 0 aromatic carbocycles. The average Bonchev–Trinajstić information content (AvgIpc) is 3.34. The number of rotatable bonds is 58. The second kappa shape index (κ2) is 64.4. The summed E-state index contributed by atoms with van der Waals surface area (Å²) in [5.74, 6) is -1.77. The number of carbonyl (C=O) groups excluding carboxylic acids is 2. The molecule has 0 saturated carbocycles. The summed E-state index contributed by atoms with van der Waals surface area (Å²) in [5, 5.41) is 22.7. The van der Waals surface area contributed by atoms with Crippen molar-refractivity contribution in [2.75, 3.05) is 26.2 Å². The molecule has 0 N–H and O–H groups in total. The molecule has 6 nitrogen and oxygen atoms in total. The normalized spacial score (nSPS) is 12.3. The summed E-state index contributed by atoms with van der Waals surface area (Å²) in [6, 6.07) is 0.326. The van der Waals surface area contributed by atoms with E-state index >= 15 is 0 Å². The Labute approximate surface area is 476 Å². The van der Waals surface area contributed by atoms with Gasteiger partial charge in [-0.05, 0) is 64.7 Å². The Morgan fingerprint density at radius 1 is 0.268 bits per heavy atom. The zero-order valence-electron chi connectivity index (χ0n) is 49.6. The Morgan fingerprint density at radius 2 is 0.423 bits per heavy atom. The molecule has 2 unspecified atom stereocenters. The third kappa shape index (κ3) is 59.2. The molecule has 420 valence electrons. The maximum atomic E-state index is 11.4. The largest absolute Gasteiger partial charge is 2.00 e. The molecule has 0 amide bonds. The molecule has 0 aromatic rings. The first-order valence-electron chi connectivity index (χ1n) is 32.2. The van der Waals surface area contributed by atoms with Crippen LogP contribution in [0.5, 0.6) is 0 Å². The van der Waals surface area contributed by atoms with E-state index in [-0.39, 0.29) is 62.7 Å². The van der Waals surface area contributed by atoms with Gasteiger partial charge in [-0.1, -0.05) is 311 Å². The molecule has 0 aliphatic heterocycles. The number of nitrogens with zero attached hydrogens (tertiary/aromatic N) is 2. The van der Waals surface area contributed by atoms with Crippen molar-refractivity contribution in [2.24, 2.45) is 0 Å². The molecule has 0 aliphatic rings. The number of carbonyl (C=O) groups is 2. The maximum Gasteiger partial charge on any atom is 2.00 e. The summed E-state index contributed by atoms with van der Waals surface area (Å²) < 4.78 is 0. The van der Waals surface area contributed by atoms with Gasteiger partial charge < -0.3 is 29.6 Å². The van der Waals surface area contributed by atoms with Crippen LogP contribution < -0.4 is 10.2 Å². The van der Waals surface area contributed by atoms with Crippen molar-refractivity contribution in [1.29, 1.82) is 0 Å². The minimum Gasteiger partial charge on any atom is -0.550 e. The SMILES string of the molecule is CCCCCCCCCCCCCN(CCCCCCCCCCCCC)C(CCC)CC(=O)[O-].CCCCCCCCCCCCCN(CCCCCCCCCCCCC)C(CCC)CC(=O)[O-].[Ca+2]. The summed E-state index contributed by atoms with van der Waals surface area (Å²) in [4.78, 5) is 27.7. The van der Waals surface area contributed by atoms with E-state index in [1.165, 1.54) is 283 Å². The minimum atomic E-state index is -0.883. The van der Waals surface area contributed by atoms with E-state index in [9.17, 15) is 19.8 Å². The van der Waals surface area contributed by atoms with Crippen LogP contribution in [-0.4, -0.2) is 97.7 Å². The number of hydrogen-bond donors (Lipinski definition) is 0. The first-order chi connectivity index (χ1) is 34.3. The Hall–Kier alpha value is 0.120. The Kier molecular flexibility index (Phi) is 68.4. The maximum absolute atomic E-state index is 11.4. The monoisotopic (exact) mass is 1030 g/mol. The van der Waals surface area contributed by atoms with Crippen molar-refractivity contribution in [1.82, 2.24) is 9.80 Å². The molecule has 0 spiro atoms. The van der Waals surface area contributed by atoms with E-state index in [1.54, 1.807) is 0 Å². The van der Waals surface area contributed by atoms with E-state index in [0.29, 0.717) is 0 Å². The van der Waals surface area contributed by atoms with Gasteiger partial charge in [0, 0.05) is 36.9 Å². The molecular weight excluding hydrogens is 901 g/mol. The van der Waals surface area contributed by atoms with Gasteiger partial charge in [0.25, 0.3) is 0 Å². The van der Waals surface area contributed by atoms with E-state index in [4.69, 9.17) is 0 Å². The predicted molar refractivity (Wildman–Crippen MR) is 311 cm³/mol. The topological polar surface area (TPSA) is 86.7 Å². The van der Waals surface area contributed by atoms with Crippen LogP contribution in [0.15, 0.2) is 0 Å². The molecule has 0 fully saturated rings. The van der Waals surface area contributed by atoms with Crippen LogP contribution in [0.3, 0.4) is 0 Å². The molecule has 0 aromatic heterocycles. The van der Waals surface area contributed by atoms with Crippen LogP contribution >= 0.6 is 0 Å². The summed E-state index contributed by atoms with van der Waals surface area (Å²) in [6.07, 6.45) is 64.2. The Balaban J connectivity index is -0.00000128. The third-order valence-electron chi connectivity index (χ3n) is 15.3. The van der Waals surface area contributed by atoms with E-state index in [1.807, 2.05) is 0 Å². The molecule has 0 aliphatic carbocycles. The van der Waals surface area contributed by atoms with E-state index < -0.39 is 11.9 Å². The first-order valence-corrected chi connectivity index (χ1v) is 32.2. The van der Waals surface area contributed by atoms with E-state index in [0.717, 1.165) is 51.9 Å². The number of carboxylic acids is 2. The van der Waals surface area contributed by atoms with Crippen LogP contribution in [0.2, 0.25) is 0 Å². The van der Waals surface area contributed by atoms with E-state index in [2.05, 4.69) is 51.3 Å². The molecule has 71 heavy (non-hydrogen) atoms. The van der Waals surface area contributed by atoms with Gasteiger partial charge in [-0.15, -0.1) is 0 Å². The van der Waals surface area contributed by atoms with Crippen molar-refractivity contribution in [2.45, 2.75) is 375 Å². The molecule has 0 heterocycles. The number of aliphatic carboxylic acids is 2. The smallest absolute Gasteiger partial charge is 0.550 e. The van der Waals surface area contributed by atoms with Crippen LogP contribution in [0.25, 0.3) is 0 Å². The molecular formula is C64H128CaN2O4. The fourth-order valence-corrected chi connectivity index (χ4v) is 10.7. The molecule has 0 rings (SSSR count). The van der Waals surface area contributed by atoms with Crippen molar-refractivity contribution in [3.63, 3.8) is 0 Å². The molecule has 7 heteroatoms. The van der Waals surface area contributed by atoms with Gasteiger partial charge in [0.05, 0.1) is 0 Å². The van der Waals surface area contributed by atoms with Crippen molar-refractivity contribution in [3.05, 3.63) is 0 Å². The van der Waals surface area contributed by atoms with Crippen LogP contribution in [0.1, 0.15) is 363 Å². The van der Waals surface area contributed by atoms with Gasteiger partial charge in [0.2, 0.25) is 0 Å². The number of hydrogen-bond acceptors (Lipinski definition) is 6. The van der Waals surface area contributed by atoms with Crippen molar-refractivity contribution in [3.8, 4) is 0 Å². The quantitative estimate of drug-likeness (QED) is 0.0446. The van der Waals surface area contributed by atoms with Gasteiger partial charge in [-0.2, -0.15) is 0 Å². The standard InChI is InChI=1S/2C32H65NO2.Ca/c2*1-4-7-9-11-13-15-17-19-21-23-25-28-33(31(27-6-3)30-32(34)35)29-26-24-22-20-18-16-14-12-10-8-5-2;/h2*31H,4-30H2,1-3H3,(H,34,35);/q;;+2/p-2. The molecule has 0 bridgehead atoms. The van der Waals surface area contributed by atoms with Gasteiger partial charge in [-0.25, -0.2) is 0 Å². The second-order valence-electron chi connectivity index (χ2n) is 22.3. The van der Waals surface area contributed by atoms with Gasteiger partial charge in [0.15, 0.2) is 0 Å². The zero-order valence-corrected chi connectivity index (χ0v) is 51.8. The Bertz CT molecular complexity index is 885. The summed E-state index contributed by atoms with van der Waals surface area (Å²) in [5.41, 5.74) is 0. The minimum absolute atomic E-state index is 0. The summed E-state index contributed by atoms with van der Waals surface area (Å²) in [6.45, 7) is 17.7. The number of carboxylic acid groups (broad SMARTS) is 2. The van der Waals surface area contributed by atoms with Gasteiger partial charge >= 0.3 is 37.7 Å². The van der Waals surface area contributed by atoms with Crippen LogP contribution in [-0.2, 0) is 9.59 Å². The number of unbranched alkanes of at least 4 members (excludes halogenated alkanes) is 40. The summed E-state index contributed by atoms with van der Waals surface area (Å²) >= 11 is 0. The second-order valence-corrected chi connectivity index (χ2v) is 22.3. The van der Waals surface area contributed by atoms with Gasteiger partial charge in [0.1, 0.15) is 0 Å². The average molecular weight is 1030 g/mol. The van der Waals surface area contributed by atoms with Crippen molar-refractivity contribution < 1.29 is 19.8 Å². The third-order valence-corrected chi connectivity index (χ3v) is 15.3. The fraction of sp³-hybridized carbons (Fsp3) is 0.969. The summed E-state index contributed by atoms with van der Waals surface area (Å²) in [7, 11) is 0. The first kappa shape index (κ1) is 75.4. The van der Waals surface area contributed by atoms with Crippen molar-refractivity contribution >= 4 is 49.7 Å². The Morgan fingerprint density at radius 3 is 0.563 bits per heavy atom. The molecule has 2 atom stereocenters. The van der Waals surface area contributed by atoms with Crippen LogP contribution in [0.4, 0.5) is 0 Å². The zero-order chi connectivity index (χ0) is 51.6. The van der Waals surface area contributed by atoms with Crippen LogP contribution in [0, 0.1) is 0 Å².